The number of rotatable bonds is 3. The van der Waals surface area contributed by atoms with Gasteiger partial charge in [-0.1, -0.05) is 0 Å². The molecular formula is C13H23N3O3. The van der Waals surface area contributed by atoms with Crippen LogP contribution < -0.4 is 5.32 Å². The highest BCUT2D eigenvalue weighted by Crippen LogP contribution is 2.20. The molecule has 108 valence electrons. The molecule has 0 bridgehead atoms. The van der Waals surface area contributed by atoms with E-state index in [1.165, 1.54) is 0 Å². The van der Waals surface area contributed by atoms with E-state index in [1.807, 2.05) is 0 Å². The van der Waals surface area contributed by atoms with Crippen LogP contribution in [0.15, 0.2) is 0 Å². The number of aliphatic carboxylic acids is 1. The van der Waals surface area contributed by atoms with Gasteiger partial charge >= 0.3 is 12.0 Å². The van der Waals surface area contributed by atoms with Gasteiger partial charge in [0.15, 0.2) is 0 Å². The monoisotopic (exact) mass is 269 g/mol. The lowest BCUT2D eigenvalue weighted by atomic mass is 10.1. The summed E-state index contributed by atoms with van der Waals surface area (Å²) in [5.74, 6) is -0.664. The molecule has 2 fully saturated rings. The van der Waals surface area contributed by atoms with E-state index in [0.29, 0.717) is 13.1 Å². The number of hydrogen-bond donors (Lipinski definition) is 2. The van der Waals surface area contributed by atoms with Crippen molar-refractivity contribution in [1.82, 2.24) is 15.1 Å². The minimum absolute atomic E-state index is 0.0255. The Kier molecular flexibility index (Phi) is 4.63. The zero-order valence-corrected chi connectivity index (χ0v) is 11.5. The molecule has 19 heavy (non-hydrogen) atoms. The molecule has 0 radical (unpaired) electrons. The van der Waals surface area contributed by atoms with Gasteiger partial charge in [0.2, 0.25) is 0 Å². The van der Waals surface area contributed by atoms with Crippen molar-refractivity contribution in [2.75, 3.05) is 33.2 Å². The molecule has 2 rings (SSSR count). The average Bonchev–Trinajstić information content (AvgIpc) is 2.80. The van der Waals surface area contributed by atoms with Gasteiger partial charge in [0.05, 0.1) is 0 Å². The van der Waals surface area contributed by atoms with E-state index in [2.05, 4.69) is 17.3 Å². The predicted octanol–water partition coefficient (Wildman–Crippen LogP) is 0.587. The molecule has 2 aliphatic heterocycles. The van der Waals surface area contributed by atoms with E-state index in [-0.39, 0.29) is 24.4 Å². The van der Waals surface area contributed by atoms with Crippen LogP contribution in [0.25, 0.3) is 0 Å². The van der Waals surface area contributed by atoms with Crippen molar-refractivity contribution in [3.05, 3.63) is 0 Å². The van der Waals surface area contributed by atoms with E-state index < -0.39 is 5.97 Å². The Balaban J connectivity index is 1.73. The van der Waals surface area contributed by atoms with Crippen LogP contribution in [0.5, 0.6) is 0 Å². The first kappa shape index (κ1) is 14.1. The SMILES string of the molecule is CN1CCC(NC(=O)N2CCC(CC(=O)O)C2)CC1. The van der Waals surface area contributed by atoms with Gasteiger partial charge in [-0.05, 0) is 45.3 Å². The van der Waals surface area contributed by atoms with Gasteiger partial charge in [0, 0.05) is 25.6 Å². The maximum absolute atomic E-state index is 12.1. The third kappa shape index (κ3) is 4.09. The first-order valence-corrected chi connectivity index (χ1v) is 7.00. The fraction of sp³-hybridized carbons (Fsp3) is 0.846. The Bertz CT molecular complexity index is 340. The third-order valence-corrected chi connectivity index (χ3v) is 4.08. The number of carbonyl (C=O) groups is 2. The van der Waals surface area contributed by atoms with E-state index in [0.717, 1.165) is 32.4 Å². The molecule has 6 nitrogen and oxygen atoms in total. The van der Waals surface area contributed by atoms with Gasteiger partial charge in [-0.3, -0.25) is 4.79 Å². The largest absolute Gasteiger partial charge is 0.481 e. The normalized spacial score (nSPS) is 25.5. The average molecular weight is 269 g/mol. The number of nitrogens with one attached hydrogen (secondary N) is 1. The molecule has 1 atom stereocenters. The highest BCUT2D eigenvalue weighted by molar-refractivity contribution is 5.75. The summed E-state index contributed by atoms with van der Waals surface area (Å²) in [7, 11) is 2.09. The van der Waals surface area contributed by atoms with Gasteiger partial charge in [0.1, 0.15) is 0 Å². The molecule has 2 heterocycles. The number of urea groups is 1. The molecule has 0 aliphatic carbocycles. The first-order chi connectivity index (χ1) is 9.04. The van der Waals surface area contributed by atoms with Gasteiger partial charge in [0.25, 0.3) is 0 Å². The molecule has 0 spiro atoms. The van der Waals surface area contributed by atoms with Crippen LogP contribution in [0, 0.1) is 5.92 Å². The lowest BCUT2D eigenvalue weighted by Gasteiger charge is -2.30. The van der Waals surface area contributed by atoms with Gasteiger partial charge < -0.3 is 20.2 Å². The van der Waals surface area contributed by atoms with Gasteiger partial charge in [-0.2, -0.15) is 0 Å². The molecule has 0 aromatic rings. The Hall–Kier alpha value is -1.30. The number of amides is 2. The second-order valence-corrected chi connectivity index (χ2v) is 5.73. The highest BCUT2D eigenvalue weighted by atomic mass is 16.4. The van der Waals surface area contributed by atoms with Crippen molar-refractivity contribution >= 4 is 12.0 Å². The number of hydrogen-bond acceptors (Lipinski definition) is 3. The maximum atomic E-state index is 12.1. The third-order valence-electron chi connectivity index (χ3n) is 4.08. The number of carboxylic acid groups (broad SMARTS) is 1. The van der Waals surface area contributed by atoms with E-state index >= 15 is 0 Å². The second kappa shape index (κ2) is 6.23. The number of likely N-dealkylation sites (tertiary alicyclic amines) is 2. The summed E-state index contributed by atoms with van der Waals surface area (Å²) in [4.78, 5) is 26.8. The zero-order chi connectivity index (χ0) is 13.8. The van der Waals surface area contributed by atoms with Crippen molar-refractivity contribution in [2.45, 2.75) is 31.7 Å². The molecule has 0 aromatic carbocycles. The molecule has 1 unspecified atom stereocenters. The molecule has 6 heteroatoms. The summed E-state index contributed by atoms with van der Waals surface area (Å²) in [6.45, 7) is 3.29. The molecule has 0 saturated carbocycles. The fourth-order valence-corrected chi connectivity index (χ4v) is 2.85. The smallest absolute Gasteiger partial charge is 0.317 e. The summed E-state index contributed by atoms with van der Waals surface area (Å²) >= 11 is 0. The molecule has 0 aromatic heterocycles. The van der Waals surface area contributed by atoms with E-state index in [4.69, 9.17) is 5.11 Å². The zero-order valence-electron chi connectivity index (χ0n) is 11.5. The van der Waals surface area contributed by atoms with E-state index in [1.54, 1.807) is 4.90 Å². The molecule has 2 N–H and O–H groups in total. The minimum Gasteiger partial charge on any atom is -0.481 e. The maximum Gasteiger partial charge on any atom is 0.317 e. The van der Waals surface area contributed by atoms with Crippen LogP contribution in [0.2, 0.25) is 0 Å². The summed E-state index contributed by atoms with van der Waals surface area (Å²) in [6, 6.07) is 0.240. The van der Waals surface area contributed by atoms with Gasteiger partial charge in [-0.15, -0.1) is 0 Å². The van der Waals surface area contributed by atoms with Gasteiger partial charge in [-0.25, -0.2) is 4.79 Å². The summed E-state index contributed by atoms with van der Waals surface area (Å²) in [5.41, 5.74) is 0. The molecule has 2 amide bonds. The molecule has 2 saturated heterocycles. The van der Waals surface area contributed by atoms with Crippen LogP contribution in [0.4, 0.5) is 4.79 Å². The van der Waals surface area contributed by atoms with Crippen LogP contribution in [0.3, 0.4) is 0 Å². The Morgan fingerprint density at radius 2 is 1.89 bits per heavy atom. The highest BCUT2D eigenvalue weighted by Gasteiger charge is 2.29. The molecular weight excluding hydrogens is 246 g/mol. The Morgan fingerprint density at radius 3 is 2.53 bits per heavy atom. The number of piperidine rings is 1. The Morgan fingerprint density at radius 1 is 1.21 bits per heavy atom. The fourth-order valence-electron chi connectivity index (χ4n) is 2.85. The lowest BCUT2D eigenvalue weighted by Crippen LogP contribution is -2.48. The van der Waals surface area contributed by atoms with Crippen molar-refractivity contribution in [3.63, 3.8) is 0 Å². The summed E-state index contributed by atoms with van der Waals surface area (Å²) < 4.78 is 0. The van der Waals surface area contributed by atoms with Crippen LogP contribution >= 0.6 is 0 Å². The molecule has 2 aliphatic rings. The number of carbonyl (C=O) groups excluding carboxylic acids is 1. The topological polar surface area (TPSA) is 72.9 Å². The van der Waals surface area contributed by atoms with Crippen molar-refractivity contribution in [2.24, 2.45) is 5.92 Å². The summed E-state index contributed by atoms with van der Waals surface area (Å²) in [6.07, 6.45) is 2.95. The van der Waals surface area contributed by atoms with Crippen molar-refractivity contribution in [3.8, 4) is 0 Å². The van der Waals surface area contributed by atoms with Crippen LogP contribution in [-0.4, -0.2) is 66.2 Å². The predicted molar refractivity (Wildman–Crippen MR) is 71.0 cm³/mol. The standard InChI is InChI=1S/C13H23N3O3/c1-15-5-3-11(4-6-15)14-13(19)16-7-2-10(9-16)8-12(17)18/h10-11H,2-9H2,1H3,(H,14,19)(H,17,18). The second-order valence-electron chi connectivity index (χ2n) is 5.73. The van der Waals surface area contributed by atoms with Crippen molar-refractivity contribution < 1.29 is 14.7 Å². The summed E-state index contributed by atoms with van der Waals surface area (Å²) in [5, 5.41) is 11.8. The number of nitrogens with zero attached hydrogens (tertiary/aromatic N) is 2. The van der Waals surface area contributed by atoms with Crippen LogP contribution in [0.1, 0.15) is 25.7 Å². The van der Waals surface area contributed by atoms with Crippen LogP contribution in [-0.2, 0) is 4.79 Å². The van der Waals surface area contributed by atoms with Crippen molar-refractivity contribution in [1.29, 1.82) is 0 Å². The Labute approximate surface area is 113 Å². The quantitative estimate of drug-likeness (QED) is 0.786. The number of carboxylic acids is 1. The first-order valence-electron chi connectivity index (χ1n) is 7.00. The van der Waals surface area contributed by atoms with E-state index in [9.17, 15) is 9.59 Å². The minimum atomic E-state index is -0.775. The lowest BCUT2D eigenvalue weighted by molar-refractivity contribution is -0.138.